The third kappa shape index (κ3) is 5.04. The topological polar surface area (TPSA) is 76.8 Å². The summed E-state index contributed by atoms with van der Waals surface area (Å²) in [5.41, 5.74) is 3.53. The van der Waals surface area contributed by atoms with Gasteiger partial charge in [-0.05, 0) is 69.2 Å². The Hall–Kier alpha value is -3.48. The summed E-state index contributed by atoms with van der Waals surface area (Å²) in [7, 11) is 1.67. The standard InChI is InChI=1S/C25H29N3O4/c1-17-24(18(2)32-27-17)16-31-23-6-4-5-19(15-23)25(29)26-20-11-13-28(14-12-20)21-7-9-22(30-3)10-8-21/h4-10,15,20H,11-14,16H2,1-3H3,(H,26,29). The summed E-state index contributed by atoms with van der Waals surface area (Å²) in [6, 6.07) is 15.5. The van der Waals surface area contributed by atoms with E-state index in [1.54, 1.807) is 13.2 Å². The molecule has 1 amide bonds. The monoisotopic (exact) mass is 435 g/mol. The molecule has 0 saturated carbocycles. The van der Waals surface area contributed by atoms with Crippen molar-refractivity contribution in [2.75, 3.05) is 25.1 Å². The van der Waals surface area contributed by atoms with Gasteiger partial charge in [-0.1, -0.05) is 11.2 Å². The van der Waals surface area contributed by atoms with Crippen LogP contribution in [-0.2, 0) is 6.61 Å². The summed E-state index contributed by atoms with van der Waals surface area (Å²) < 4.78 is 16.3. The second kappa shape index (κ2) is 9.77. The van der Waals surface area contributed by atoms with E-state index in [1.165, 1.54) is 5.69 Å². The van der Waals surface area contributed by atoms with Crippen molar-refractivity contribution in [2.45, 2.75) is 39.3 Å². The first-order valence-corrected chi connectivity index (χ1v) is 10.9. The van der Waals surface area contributed by atoms with Gasteiger partial charge >= 0.3 is 0 Å². The van der Waals surface area contributed by atoms with Gasteiger partial charge in [0.25, 0.3) is 5.91 Å². The van der Waals surface area contributed by atoms with Crippen molar-refractivity contribution < 1.29 is 18.8 Å². The number of methoxy groups -OCH3 is 1. The number of hydrogen-bond acceptors (Lipinski definition) is 6. The van der Waals surface area contributed by atoms with Gasteiger partial charge in [0.15, 0.2) is 0 Å². The molecule has 1 fully saturated rings. The molecular weight excluding hydrogens is 406 g/mol. The zero-order chi connectivity index (χ0) is 22.5. The molecule has 1 saturated heterocycles. The number of benzene rings is 2. The van der Waals surface area contributed by atoms with Crippen LogP contribution in [0.15, 0.2) is 53.1 Å². The van der Waals surface area contributed by atoms with Crippen molar-refractivity contribution in [2.24, 2.45) is 0 Å². The molecule has 0 bridgehead atoms. The number of carbonyl (C=O) groups excluding carboxylic acids is 1. The summed E-state index contributed by atoms with van der Waals surface area (Å²) in [5.74, 6) is 2.17. The molecule has 0 spiro atoms. The van der Waals surface area contributed by atoms with E-state index in [0.29, 0.717) is 17.9 Å². The Balaban J connectivity index is 1.30. The van der Waals surface area contributed by atoms with Crippen LogP contribution in [0.5, 0.6) is 11.5 Å². The van der Waals surface area contributed by atoms with Crippen LogP contribution in [0.3, 0.4) is 0 Å². The molecule has 2 heterocycles. The minimum atomic E-state index is -0.0734. The molecule has 32 heavy (non-hydrogen) atoms. The average molecular weight is 436 g/mol. The van der Waals surface area contributed by atoms with Crippen molar-refractivity contribution in [1.82, 2.24) is 10.5 Å². The first-order valence-electron chi connectivity index (χ1n) is 10.9. The Labute approximate surface area is 188 Å². The number of ether oxygens (including phenoxy) is 2. The van der Waals surface area contributed by atoms with Gasteiger partial charge in [-0.15, -0.1) is 0 Å². The normalized spacial score (nSPS) is 14.3. The molecule has 7 heteroatoms. The molecule has 1 aromatic heterocycles. The van der Waals surface area contributed by atoms with Crippen LogP contribution in [0.4, 0.5) is 5.69 Å². The molecule has 1 aliphatic heterocycles. The molecule has 2 aromatic carbocycles. The maximum Gasteiger partial charge on any atom is 0.251 e. The summed E-state index contributed by atoms with van der Waals surface area (Å²) in [6.45, 7) is 5.91. The first kappa shape index (κ1) is 21.7. The van der Waals surface area contributed by atoms with E-state index in [4.69, 9.17) is 14.0 Å². The van der Waals surface area contributed by atoms with E-state index in [0.717, 1.165) is 48.7 Å². The predicted octanol–water partition coefficient (Wildman–Crippen LogP) is 4.28. The number of aryl methyl sites for hydroxylation is 2. The van der Waals surface area contributed by atoms with Gasteiger partial charge in [-0.25, -0.2) is 0 Å². The highest BCUT2D eigenvalue weighted by atomic mass is 16.5. The van der Waals surface area contributed by atoms with Gasteiger partial charge in [0, 0.05) is 30.4 Å². The van der Waals surface area contributed by atoms with Gasteiger partial charge in [-0.2, -0.15) is 0 Å². The van der Waals surface area contributed by atoms with Crippen LogP contribution >= 0.6 is 0 Å². The van der Waals surface area contributed by atoms with Gasteiger partial charge in [0.05, 0.1) is 18.4 Å². The van der Waals surface area contributed by atoms with Crippen molar-refractivity contribution in [3.63, 3.8) is 0 Å². The Morgan fingerprint density at radius 3 is 2.53 bits per heavy atom. The second-order valence-electron chi connectivity index (χ2n) is 8.05. The third-order valence-corrected chi connectivity index (χ3v) is 5.93. The molecule has 3 aromatic rings. The van der Waals surface area contributed by atoms with Crippen molar-refractivity contribution >= 4 is 11.6 Å². The minimum absolute atomic E-state index is 0.0734. The smallest absolute Gasteiger partial charge is 0.251 e. The van der Waals surface area contributed by atoms with Gasteiger partial charge in [0.1, 0.15) is 23.9 Å². The highest BCUT2D eigenvalue weighted by molar-refractivity contribution is 5.94. The average Bonchev–Trinajstić information content (AvgIpc) is 3.15. The van der Waals surface area contributed by atoms with Crippen LogP contribution in [0.1, 0.15) is 40.2 Å². The van der Waals surface area contributed by atoms with Gasteiger partial charge < -0.3 is 24.2 Å². The molecule has 1 aliphatic rings. The lowest BCUT2D eigenvalue weighted by Gasteiger charge is -2.34. The maximum atomic E-state index is 12.8. The first-order chi connectivity index (χ1) is 15.5. The van der Waals surface area contributed by atoms with Crippen molar-refractivity contribution in [1.29, 1.82) is 0 Å². The number of hydrogen-bond donors (Lipinski definition) is 1. The van der Waals surface area contributed by atoms with Gasteiger partial charge in [0.2, 0.25) is 0 Å². The fourth-order valence-corrected chi connectivity index (χ4v) is 3.93. The molecular formula is C25H29N3O4. The van der Waals surface area contributed by atoms with Crippen LogP contribution in [0.25, 0.3) is 0 Å². The zero-order valence-electron chi connectivity index (χ0n) is 18.8. The highest BCUT2D eigenvalue weighted by Gasteiger charge is 2.21. The lowest BCUT2D eigenvalue weighted by atomic mass is 10.0. The Kier molecular flexibility index (Phi) is 6.63. The van der Waals surface area contributed by atoms with Crippen LogP contribution in [0.2, 0.25) is 0 Å². The lowest BCUT2D eigenvalue weighted by molar-refractivity contribution is 0.0930. The number of nitrogens with zero attached hydrogens (tertiary/aromatic N) is 2. The Bertz CT molecular complexity index is 1030. The van der Waals surface area contributed by atoms with E-state index < -0.39 is 0 Å². The van der Waals surface area contributed by atoms with E-state index >= 15 is 0 Å². The SMILES string of the molecule is COc1ccc(N2CCC(NC(=O)c3cccc(OCc4c(C)noc4C)c3)CC2)cc1. The maximum absolute atomic E-state index is 12.8. The van der Waals surface area contributed by atoms with E-state index in [-0.39, 0.29) is 11.9 Å². The van der Waals surface area contributed by atoms with E-state index in [1.807, 2.05) is 44.2 Å². The summed E-state index contributed by atoms with van der Waals surface area (Å²) >= 11 is 0. The molecule has 7 nitrogen and oxygen atoms in total. The van der Waals surface area contributed by atoms with Crippen LogP contribution in [-0.4, -0.2) is 37.3 Å². The lowest BCUT2D eigenvalue weighted by Crippen LogP contribution is -2.44. The molecule has 0 atom stereocenters. The fraction of sp³-hybridized carbons (Fsp3) is 0.360. The number of nitrogens with one attached hydrogen (secondary N) is 1. The van der Waals surface area contributed by atoms with E-state index in [2.05, 4.69) is 27.5 Å². The molecule has 0 radical (unpaired) electrons. The Morgan fingerprint density at radius 1 is 1.12 bits per heavy atom. The zero-order valence-corrected chi connectivity index (χ0v) is 18.8. The molecule has 168 valence electrons. The fourth-order valence-electron chi connectivity index (χ4n) is 3.93. The molecule has 0 aliphatic carbocycles. The van der Waals surface area contributed by atoms with Crippen LogP contribution < -0.4 is 19.7 Å². The van der Waals surface area contributed by atoms with Crippen molar-refractivity contribution in [3.8, 4) is 11.5 Å². The number of carbonyl (C=O) groups is 1. The number of aromatic nitrogens is 1. The van der Waals surface area contributed by atoms with Gasteiger partial charge in [-0.3, -0.25) is 4.79 Å². The Morgan fingerprint density at radius 2 is 1.88 bits per heavy atom. The highest BCUT2D eigenvalue weighted by Crippen LogP contribution is 2.23. The quantitative estimate of drug-likeness (QED) is 0.597. The molecule has 0 unspecified atom stereocenters. The molecule has 1 N–H and O–H groups in total. The summed E-state index contributed by atoms with van der Waals surface area (Å²) in [4.78, 5) is 15.1. The number of rotatable bonds is 7. The predicted molar refractivity (Wildman–Crippen MR) is 122 cm³/mol. The number of amides is 1. The largest absolute Gasteiger partial charge is 0.497 e. The third-order valence-electron chi connectivity index (χ3n) is 5.93. The van der Waals surface area contributed by atoms with E-state index in [9.17, 15) is 4.79 Å². The number of piperidine rings is 1. The second-order valence-corrected chi connectivity index (χ2v) is 8.05. The summed E-state index contributed by atoms with van der Waals surface area (Å²) in [5, 5.41) is 7.12. The molecule has 4 rings (SSSR count). The number of anilines is 1. The minimum Gasteiger partial charge on any atom is -0.497 e. The summed E-state index contributed by atoms with van der Waals surface area (Å²) in [6.07, 6.45) is 1.81. The van der Waals surface area contributed by atoms with Crippen LogP contribution in [0, 0.1) is 13.8 Å². The van der Waals surface area contributed by atoms with Crippen molar-refractivity contribution in [3.05, 3.63) is 71.1 Å².